The first-order valence-corrected chi connectivity index (χ1v) is 4.66. The van der Waals surface area contributed by atoms with Crippen LogP contribution < -0.4 is 0 Å². The highest BCUT2D eigenvalue weighted by atomic mass is 14.5. The van der Waals surface area contributed by atoms with Crippen molar-refractivity contribution >= 4 is 0 Å². The lowest BCUT2D eigenvalue weighted by atomic mass is 9.81. The largest absolute Gasteiger partial charge is 0.0816 e. The van der Waals surface area contributed by atoms with Crippen molar-refractivity contribution in [2.45, 2.75) is 32.1 Å². The van der Waals surface area contributed by atoms with Crippen LogP contribution in [0.3, 0.4) is 0 Å². The lowest BCUT2D eigenvalue weighted by Crippen LogP contribution is -2.15. The average Bonchev–Trinajstić information content (AvgIpc) is 2.60. The van der Waals surface area contributed by atoms with Crippen LogP contribution in [-0.2, 0) is 0 Å². The summed E-state index contributed by atoms with van der Waals surface area (Å²) in [7, 11) is 0. The minimum Gasteiger partial charge on any atom is -0.0816 e. The van der Waals surface area contributed by atoms with Gasteiger partial charge in [0.2, 0.25) is 0 Å². The first-order valence-electron chi connectivity index (χ1n) is 4.66. The SMILES string of the molecule is C1=C2CCC1C1CCCC21. The molecule has 0 N–H and O–H groups in total. The first kappa shape index (κ1) is 5.40. The van der Waals surface area contributed by atoms with Crippen molar-refractivity contribution < 1.29 is 0 Å². The molecule has 0 aliphatic heterocycles. The van der Waals surface area contributed by atoms with Crippen molar-refractivity contribution in [3.8, 4) is 0 Å². The minimum absolute atomic E-state index is 1.03. The maximum absolute atomic E-state index is 2.59. The van der Waals surface area contributed by atoms with Crippen LogP contribution in [0, 0.1) is 17.8 Å². The molecule has 3 aliphatic carbocycles. The molecule has 54 valence electrons. The van der Waals surface area contributed by atoms with Gasteiger partial charge in [-0.25, -0.2) is 0 Å². The predicted octanol–water partition coefficient (Wildman–Crippen LogP) is 2.75. The van der Waals surface area contributed by atoms with E-state index in [1.165, 1.54) is 32.1 Å². The molecule has 0 nitrogen and oxygen atoms in total. The van der Waals surface area contributed by atoms with Crippen LogP contribution in [0.4, 0.5) is 0 Å². The molecule has 3 atom stereocenters. The van der Waals surface area contributed by atoms with Crippen molar-refractivity contribution in [1.82, 2.24) is 0 Å². The molecule has 3 aliphatic rings. The highest BCUT2D eigenvalue weighted by Gasteiger charge is 2.43. The Hall–Kier alpha value is -0.260. The molecule has 0 amide bonds. The summed E-state index contributed by atoms with van der Waals surface area (Å²) in [6.07, 6.45) is 10.1. The van der Waals surface area contributed by atoms with E-state index in [1.807, 2.05) is 5.57 Å². The summed E-state index contributed by atoms with van der Waals surface area (Å²) in [6.45, 7) is 0. The van der Waals surface area contributed by atoms with Gasteiger partial charge in [0.1, 0.15) is 0 Å². The van der Waals surface area contributed by atoms with E-state index < -0.39 is 0 Å². The highest BCUT2D eigenvalue weighted by Crippen LogP contribution is 2.54. The molecule has 3 rings (SSSR count). The van der Waals surface area contributed by atoms with Gasteiger partial charge < -0.3 is 0 Å². The quantitative estimate of drug-likeness (QED) is 0.447. The molecule has 10 heavy (non-hydrogen) atoms. The van der Waals surface area contributed by atoms with Crippen LogP contribution in [0.2, 0.25) is 0 Å². The Morgan fingerprint density at radius 2 is 2.20 bits per heavy atom. The normalized spacial score (nSPS) is 49.6. The Labute approximate surface area is 62.3 Å². The zero-order valence-corrected chi connectivity index (χ0v) is 6.34. The van der Waals surface area contributed by atoms with Crippen molar-refractivity contribution in [2.24, 2.45) is 17.8 Å². The van der Waals surface area contributed by atoms with E-state index in [2.05, 4.69) is 6.08 Å². The van der Waals surface area contributed by atoms with Gasteiger partial charge >= 0.3 is 0 Å². The number of fused-ring (bicyclic) bond motifs is 4. The number of hydrogen-bond acceptors (Lipinski definition) is 0. The zero-order chi connectivity index (χ0) is 6.55. The van der Waals surface area contributed by atoms with E-state index in [1.54, 1.807) is 0 Å². The fourth-order valence-corrected chi connectivity index (χ4v) is 3.38. The zero-order valence-electron chi connectivity index (χ0n) is 6.34. The second kappa shape index (κ2) is 1.66. The van der Waals surface area contributed by atoms with Gasteiger partial charge in [0.25, 0.3) is 0 Å². The summed E-state index contributed by atoms with van der Waals surface area (Å²) in [5, 5.41) is 0. The van der Waals surface area contributed by atoms with Crippen LogP contribution in [0.1, 0.15) is 32.1 Å². The fourth-order valence-electron chi connectivity index (χ4n) is 3.38. The van der Waals surface area contributed by atoms with E-state index in [0.717, 1.165) is 17.8 Å². The van der Waals surface area contributed by atoms with Crippen molar-refractivity contribution in [1.29, 1.82) is 0 Å². The molecule has 0 aromatic carbocycles. The van der Waals surface area contributed by atoms with Crippen LogP contribution in [0.5, 0.6) is 0 Å². The van der Waals surface area contributed by atoms with E-state index in [0.29, 0.717) is 0 Å². The molecule has 1 saturated carbocycles. The second-order valence-corrected chi connectivity index (χ2v) is 4.15. The summed E-state index contributed by atoms with van der Waals surface area (Å²) >= 11 is 0. The molecule has 0 aromatic rings. The second-order valence-electron chi connectivity index (χ2n) is 4.15. The highest BCUT2D eigenvalue weighted by molar-refractivity contribution is 5.25. The molecule has 0 aromatic heterocycles. The van der Waals surface area contributed by atoms with Gasteiger partial charge in [-0.15, -0.1) is 0 Å². The molecule has 3 unspecified atom stereocenters. The van der Waals surface area contributed by atoms with Gasteiger partial charge in [-0.2, -0.15) is 0 Å². The lowest BCUT2D eigenvalue weighted by molar-refractivity contribution is 0.322. The number of hydrogen-bond donors (Lipinski definition) is 0. The molecule has 0 heterocycles. The van der Waals surface area contributed by atoms with Gasteiger partial charge in [-0.3, -0.25) is 0 Å². The average molecular weight is 134 g/mol. The summed E-state index contributed by atoms with van der Waals surface area (Å²) in [6, 6.07) is 0. The third-order valence-electron chi connectivity index (χ3n) is 3.79. The minimum atomic E-state index is 1.03. The lowest BCUT2D eigenvalue weighted by Gasteiger charge is -2.23. The number of allylic oxidation sites excluding steroid dienone is 2. The molecule has 0 heteroatoms. The maximum atomic E-state index is 2.59. The first-order chi connectivity index (χ1) is 4.95. The van der Waals surface area contributed by atoms with Gasteiger partial charge in [0.15, 0.2) is 0 Å². The van der Waals surface area contributed by atoms with Gasteiger partial charge in [-0.05, 0) is 43.4 Å². The fraction of sp³-hybridized carbons (Fsp3) is 0.800. The van der Waals surface area contributed by atoms with Crippen LogP contribution >= 0.6 is 0 Å². The van der Waals surface area contributed by atoms with Crippen molar-refractivity contribution in [3.63, 3.8) is 0 Å². The van der Waals surface area contributed by atoms with E-state index in [9.17, 15) is 0 Å². The Morgan fingerprint density at radius 3 is 3.10 bits per heavy atom. The molecule has 0 radical (unpaired) electrons. The van der Waals surface area contributed by atoms with Crippen LogP contribution in [0.15, 0.2) is 11.6 Å². The molecular weight excluding hydrogens is 120 g/mol. The molecule has 2 bridgehead atoms. The topological polar surface area (TPSA) is 0 Å². The summed E-state index contributed by atoms with van der Waals surface area (Å²) in [4.78, 5) is 0. The standard InChI is InChI=1S/C10H14/c1-2-9-7-4-5-8(6-7)10(9)3-1/h6-7,9-10H,1-5H2. The van der Waals surface area contributed by atoms with E-state index >= 15 is 0 Å². The third-order valence-corrected chi connectivity index (χ3v) is 3.79. The van der Waals surface area contributed by atoms with Crippen molar-refractivity contribution in [2.75, 3.05) is 0 Å². The van der Waals surface area contributed by atoms with Crippen molar-refractivity contribution in [3.05, 3.63) is 11.6 Å². The van der Waals surface area contributed by atoms with E-state index in [4.69, 9.17) is 0 Å². The Kier molecular flexibility index (Phi) is 0.898. The summed E-state index contributed by atoms with van der Waals surface area (Å²) in [5.41, 5.74) is 1.84. The summed E-state index contributed by atoms with van der Waals surface area (Å²) in [5.74, 6) is 3.21. The Balaban J connectivity index is 1.98. The molecule has 0 spiro atoms. The van der Waals surface area contributed by atoms with Gasteiger partial charge in [0.05, 0.1) is 0 Å². The summed E-state index contributed by atoms with van der Waals surface area (Å²) < 4.78 is 0. The predicted molar refractivity (Wildman–Crippen MR) is 41.6 cm³/mol. The maximum Gasteiger partial charge on any atom is -0.0169 e. The van der Waals surface area contributed by atoms with E-state index in [-0.39, 0.29) is 0 Å². The molecule has 0 saturated heterocycles. The van der Waals surface area contributed by atoms with Crippen LogP contribution in [-0.4, -0.2) is 0 Å². The molecular formula is C10H14. The Bertz CT molecular complexity index is 190. The number of rotatable bonds is 0. The smallest absolute Gasteiger partial charge is 0.0169 e. The Morgan fingerprint density at radius 1 is 1.20 bits per heavy atom. The molecule has 1 fully saturated rings. The monoisotopic (exact) mass is 134 g/mol. The van der Waals surface area contributed by atoms with Crippen LogP contribution in [0.25, 0.3) is 0 Å². The third kappa shape index (κ3) is 0.492. The van der Waals surface area contributed by atoms with Gasteiger partial charge in [0, 0.05) is 0 Å². The van der Waals surface area contributed by atoms with Gasteiger partial charge in [-0.1, -0.05) is 18.1 Å².